The number of aryl methyl sites for hydroxylation is 1. The lowest BCUT2D eigenvalue weighted by molar-refractivity contribution is -0.118. The van der Waals surface area contributed by atoms with E-state index in [1.54, 1.807) is 11.8 Å². The van der Waals surface area contributed by atoms with Gasteiger partial charge in [-0.15, -0.1) is 11.8 Å². The molecule has 0 unspecified atom stereocenters. The summed E-state index contributed by atoms with van der Waals surface area (Å²) in [5.74, 6) is 1.27. The largest absolute Gasteiger partial charge is 0.298 e. The third-order valence-corrected chi connectivity index (χ3v) is 5.75. The van der Waals surface area contributed by atoms with Gasteiger partial charge in [-0.25, -0.2) is 5.43 Å². The number of amides is 1. The molecule has 1 fully saturated rings. The number of rotatable bonds is 7. The van der Waals surface area contributed by atoms with Crippen molar-refractivity contribution in [1.29, 1.82) is 0 Å². The lowest BCUT2D eigenvalue weighted by Gasteiger charge is -2.27. The zero-order valence-corrected chi connectivity index (χ0v) is 16.7. The Bertz CT molecular complexity index is 766. The number of likely N-dealkylation sites (tertiary alicyclic amines) is 1. The molecule has 27 heavy (non-hydrogen) atoms. The van der Waals surface area contributed by atoms with Crippen LogP contribution in [-0.2, 0) is 17.1 Å². The van der Waals surface area contributed by atoms with E-state index in [0.29, 0.717) is 5.75 Å². The Balaban J connectivity index is 1.35. The minimum Gasteiger partial charge on any atom is -0.298 e. The van der Waals surface area contributed by atoms with Crippen molar-refractivity contribution in [3.63, 3.8) is 0 Å². The summed E-state index contributed by atoms with van der Waals surface area (Å²) in [5.41, 5.74) is 7.72. The standard InChI is InChI=1S/C22H27N3OS/c1-18-7-5-6-10-20(18)16-27-17-22(26)24-23-21-11-13-25(14-12-21)15-19-8-3-2-4-9-19/h2-10H,11-17H2,1H3,(H,24,26). The molecule has 1 N–H and O–H groups in total. The number of hydrogen-bond acceptors (Lipinski definition) is 4. The number of hydrogen-bond donors (Lipinski definition) is 1. The normalized spacial score (nSPS) is 14.8. The molecule has 1 aliphatic rings. The highest BCUT2D eigenvalue weighted by Gasteiger charge is 2.15. The van der Waals surface area contributed by atoms with Gasteiger partial charge in [0.1, 0.15) is 0 Å². The van der Waals surface area contributed by atoms with E-state index in [2.05, 4.69) is 58.7 Å². The molecule has 5 heteroatoms. The third kappa shape index (κ3) is 6.52. The second-order valence-corrected chi connectivity index (χ2v) is 7.88. The molecule has 0 bridgehead atoms. The van der Waals surface area contributed by atoms with Crippen molar-refractivity contribution >= 4 is 23.4 Å². The molecule has 1 heterocycles. The molecule has 2 aromatic rings. The van der Waals surface area contributed by atoms with Gasteiger partial charge in [0.2, 0.25) is 5.91 Å². The van der Waals surface area contributed by atoms with Gasteiger partial charge in [-0.1, -0.05) is 54.6 Å². The Kier molecular flexibility index (Phi) is 7.48. The van der Waals surface area contributed by atoms with E-state index in [9.17, 15) is 4.79 Å². The highest BCUT2D eigenvalue weighted by Crippen LogP contribution is 2.15. The van der Waals surface area contributed by atoms with Gasteiger partial charge in [0.25, 0.3) is 0 Å². The van der Waals surface area contributed by atoms with Crippen LogP contribution in [0.1, 0.15) is 29.5 Å². The highest BCUT2D eigenvalue weighted by atomic mass is 32.2. The fourth-order valence-corrected chi connectivity index (χ4v) is 4.02. The van der Waals surface area contributed by atoms with Gasteiger partial charge >= 0.3 is 0 Å². The maximum Gasteiger partial charge on any atom is 0.250 e. The quantitative estimate of drug-likeness (QED) is 0.738. The zero-order chi connectivity index (χ0) is 18.9. The van der Waals surface area contributed by atoms with Gasteiger partial charge in [-0.2, -0.15) is 5.10 Å². The third-order valence-electron chi connectivity index (χ3n) is 4.77. The van der Waals surface area contributed by atoms with Crippen molar-refractivity contribution in [2.75, 3.05) is 18.8 Å². The maximum atomic E-state index is 12.0. The van der Waals surface area contributed by atoms with Crippen molar-refractivity contribution in [2.45, 2.75) is 32.1 Å². The smallest absolute Gasteiger partial charge is 0.250 e. The predicted molar refractivity (Wildman–Crippen MR) is 114 cm³/mol. The van der Waals surface area contributed by atoms with Crippen molar-refractivity contribution in [3.05, 3.63) is 71.3 Å². The van der Waals surface area contributed by atoms with Crippen molar-refractivity contribution in [3.8, 4) is 0 Å². The number of nitrogens with one attached hydrogen (secondary N) is 1. The minimum absolute atomic E-state index is 0.0206. The van der Waals surface area contributed by atoms with Crippen molar-refractivity contribution in [1.82, 2.24) is 10.3 Å². The Morgan fingerprint density at radius 3 is 2.52 bits per heavy atom. The molecule has 142 valence electrons. The Morgan fingerprint density at radius 2 is 1.78 bits per heavy atom. The first-order valence-electron chi connectivity index (χ1n) is 9.43. The molecule has 0 aliphatic carbocycles. The lowest BCUT2D eigenvalue weighted by Crippen LogP contribution is -2.34. The van der Waals surface area contributed by atoms with Crippen LogP contribution in [0.15, 0.2) is 59.7 Å². The fraction of sp³-hybridized carbons (Fsp3) is 0.364. The van der Waals surface area contributed by atoms with Crippen molar-refractivity contribution < 1.29 is 4.79 Å². The molecule has 0 saturated carbocycles. The molecule has 0 spiro atoms. The van der Waals surface area contributed by atoms with Crippen LogP contribution in [-0.4, -0.2) is 35.4 Å². The Labute approximate surface area is 166 Å². The summed E-state index contributed by atoms with van der Waals surface area (Å²) in [6.07, 6.45) is 1.84. The van der Waals surface area contributed by atoms with E-state index in [1.165, 1.54) is 16.7 Å². The van der Waals surface area contributed by atoms with Gasteiger partial charge < -0.3 is 0 Å². The van der Waals surface area contributed by atoms with Crippen LogP contribution in [0.3, 0.4) is 0 Å². The average molecular weight is 382 g/mol. The summed E-state index contributed by atoms with van der Waals surface area (Å²) in [7, 11) is 0. The number of nitrogens with zero attached hydrogens (tertiary/aromatic N) is 2. The molecule has 3 rings (SSSR count). The second kappa shape index (κ2) is 10.3. The summed E-state index contributed by atoms with van der Waals surface area (Å²) in [5, 5.41) is 4.34. The van der Waals surface area contributed by atoms with Crippen LogP contribution >= 0.6 is 11.8 Å². The molecule has 0 aromatic heterocycles. The summed E-state index contributed by atoms with van der Waals surface area (Å²) in [4.78, 5) is 14.5. The zero-order valence-electron chi connectivity index (χ0n) is 15.9. The van der Waals surface area contributed by atoms with E-state index in [0.717, 1.165) is 43.9 Å². The predicted octanol–water partition coefficient (Wildman–Crippen LogP) is 4.00. The van der Waals surface area contributed by atoms with Crippen LogP contribution < -0.4 is 5.43 Å². The van der Waals surface area contributed by atoms with E-state index < -0.39 is 0 Å². The first kappa shape index (κ1) is 19.6. The molecule has 1 amide bonds. The summed E-state index contributed by atoms with van der Waals surface area (Å²) >= 11 is 1.63. The second-order valence-electron chi connectivity index (χ2n) is 6.89. The van der Waals surface area contributed by atoms with Crippen LogP contribution in [0, 0.1) is 6.92 Å². The van der Waals surface area contributed by atoms with Crippen LogP contribution in [0.2, 0.25) is 0 Å². The molecule has 1 saturated heterocycles. The molecular weight excluding hydrogens is 354 g/mol. The molecule has 0 radical (unpaired) electrons. The van der Waals surface area contributed by atoms with E-state index in [4.69, 9.17) is 0 Å². The molecule has 1 aliphatic heterocycles. The molecule has 2 aromatic carbocycles. The molecule has 4 nitrogen and oxygen atoms in total. The average Bonchev–Trinajstić information content (AvgIpc) is 2.70. The maximum absolute atomic E-state index is 12.0. The number of carbonyl (C=O) groups excluding carboxylic acids is 1. The highest BCUT2D eigenvalue weighted by molar-refractivity contribution is 7.99. The van der Waals surface area contributed by atoms with E-state index in [-0.39, 0.29) is 5.91 Å². The summed E-state index contributed by atoms with van der Waals surface area (Å²) < 4.78 is 0. The first-order chi connectivity index (χ1) is 13.2. The number of carbonyl (C=O) groups is 1. The van der Waals surface area contributed by atoms with Gasteiger partial charge in [-0.3, -0.25) is 9.69 Å². The topological polar surface area (TPSA) is 44.7 Å². The SMILES string of the molecule is Cc1ccccc1CSCC(=O)NN=C1CCN(Cc2ccccc2)CC1. The summed E-state index contributed by atoms with van der Waals surface area (Å²) in [6, 6.07) is 18.8. The number of piperidine rings is 1. The van der Waals surface area contributed by atoms with Gasteiger partial charge in [0, 0.05) is 43.9 Å². The number of thioether (sulfide) groups is 1. The molecular formula is C22H27N3OS. The fourth-order valence-electron chi connectivity index (χ4n) is 3.12. The van der Waals surface area contributed by atoms with Crippen LogP contribution in [0.4, 0.5) is 0 Å². The van der Waals surface area contributed by atoms with E-state index >= 15 is 0 Å². The molecule has 0 atom stereocenters. The van der Waals surface area contributed by atoms with Gasteiger partial charge in [-0.05, 0) is 23.6 Å². The first-order valence-corrected chi connectivity index (χ1v) is 10.6. The number of hydrazone groups is 1. The van der Waals surface area contributed by atoms with Crippen LogP contribution in [0.25, 0.3) is 0 Å². The van der Waals surface area contributed by atoms with Crippen LogP contribution in [0.5, 0.6) is 0 Å². The Morgan fingerprint density at radius 1 is 1.07 bits per heavy atom. The minimum atomic E-state index is -0.0206. The Hall–Kier alpha value is -2.11. The van der Waals surface area contributed by atoms with Crippen molar-refractivity contribution in [2.24, 2.45) is 5.10 Å². The van der Waals surface area contributed by atoms with Gasteiger partial charge in [0.05, 0.1) is 5.75 Å². The number of benzene rings is 2. The lowest BCUT2D eigenvalue weighted by atomic mass is 10.1. The van der Waals surface area contributed by atoms with E-state index in [1.807, 2.05) is 18.2 Å². The monoisotopic (exact) mass is 381 g/mol. The van der Waals surface area contributed by atoms with Gasteiger partial charge in [0.15, 0.2) is 0 Å². The summed E-state index contributed by atoms with van der Waals surface area (Å²) in [6.45, 7) is 5.07.